The second-order valence-electron chi connectivity index (χ2n) is 5.45. The summed E-state index contributed by atoms with van der Waals surface area (Å²) in [7, 11) is 0. The van der Waals surface area contributed by atoms with Crippen molar-refractivity contribution in [2.75, 3.05) is 4.90 Å². The maximum atomic E-state index is 14.4. The first kappa shape index (κ1) is 16.3. The van der Waals surface area contributed by atoms with Crippen LogP contribution in [0.2, 0.25) is 5.02 Å². The maximum absolute atomic E-state index is 14.4. The number of para-hydroxylation sites is 1. The smallest absolute Gasteiger partial charge is 0.219 e. The fourth-order valence-electron chi connectivity index (χ4n) is 2.87. The van der Waals surface area contributed by atoms with Crippen LogP contribution >= 0.6 is 11.6 Å². The normalized spacial score (nSPS) is 19.4. The quantitative estimate of drug-likeness (QED) is 0.899. The summed E-state index contributed by atoms with van der Waals surface area (Å²) in [6.07, 6.45) is 7.10. The molecular formula is C19H16ClFN2O. The Hall–Kier alpha value is -2.59. The maximum Gasteiger partial charge on any atom is 0.219 e. The summed E-state index contributed by atoms with van der Waals surface area (Å²) in [5.74, 6) is -0.643. The van der Waals surface area contributed by atoms with Crippen LogP contribution in [0.4, 0.5) is 10.1 Å². The number of halogens is 2. The van der Waals surface area contributed by atoms with Gasteiger partial charge in [-0.1, -0.05) is 48.0 Å². The summed E-state index contributed by atoms with van der Waals surface area (Å²) in [5.41, 5.74) is -0.112. The van der Waals surface area contributed by atoms with Crippen LogP contribution in [-0.2, 0) is 10.5 Å². The Balaban J connectivity index is 2.24. The fourth-order valence-corrected chi connectivity index (χ4v) is 3.15. The Morgan fingerprint density at radius 1 is 1.12 bits per heavy atom. The molecule has 122 valence electrons. The minimum atomic E-state index is -1.11. The third kappa shape index (κ3) is 2.81. The second-order valence-corrected chi connectivity index (χ2v) is 5.86. The molecule has 1 N–H and O–H groups in total. The number of anilines is 1. The van der Waals surface area contributed by atoms with E-state index in [-0.39, 0.29) is 11.7 Å². The Morgan fingerprint density at radius 2 is 1.83 bits per heavy atom. The van der Waals surface area contributed by atoms with Gasteiger partial charge in [-0.05, 0) is 30.4 Å². The molecule has 1 atom stereocenters. The topological polar surface area (TPSA) is 32.3 Å². The number of nitrogens with one attached hydrogen (secondary N) is 1. The van der Waals surface area contributed by atoms with Crippen LogP contribution in [-0.4, -0.2) is 5.91 Å². The summed E-state index contributed by atoms with van der Waals surface area (Å²) in [6, 6.07) is 13.6. The zero-order valence-electron chi connectivity index (χ0n) is 13.0. The summed E-state index contributed by atoms with van der Waals surface area (Å²) in [4.78, 5) is 13.6. The van der Waals surface area contributed by atoms with Crippen LogP contribution in [0.1, 0.15) is 12.5 Å². The first-order chi connectivity index (χ1) is 11.5. The van der Waals surface area contributed by atoms with Crippen molar-refractivity contribution in [1.82, 2.24) is 5.32 Å². The van der Waals surface area contributed by atoms with Crippen molar-refractivity contribution in [2.24, 2.45) is 0 Å². The Kier molecular flexibility index (Phi) is 4.40. The molecule has 0 radical (unpaired) electrons. The number of allylic oxidation sites excluding steroid dienone is 2. The Morgan fingerprint density at radius 3 is 2.54 bits per heavy atom. The highest BCUT2D eigenvalue weighted by atomic mass is 35.5. The van der Waals surface area contributed by atoms with E-state index in [2.05, 4.69) is 5.32 Å². The van der Waals surface area contributed by atoms with Crippen molar-refractivity contribution < 1.29 is 9.18 Å². The van der Waals surface area contributed by atoms with Gasteiger partial charge < -0.3 is 10.2 Å². The van der Waals surface area contributed by atoms with E-state index in [9.17, 15) is 9.18 Å². The summed E-state index contributed by atoms with van der Waals surface area (Å²) in [5, 5.41) is 3.41. The van der Waals surface area contributed by atoms with E-state index in [1.54, 1.807) is 53.6 Å². The van der Waals surface area contributed by atoms with Gasteiger partial charge >= 0.3 is 0 Å². The van der Waals surface area contributed by atoms with E-state index in [4.69, 9.17) is 11.6 Å². The van der Waals surface area contributed by atoms with Gasteiger partial charge in [-0.3, -0.25) is 4.79 Å². The van der Waals surface area contributed by atoms with Crippen LogP contribution in [0.3, 0.4) is 0 Å². The number of carbonyl (C=O) groups excluding carboxylic acids is 1. The minimum absolute atomic E-state index is 0.254. The zero-order valence-corrected chi connectivity index (χ0v) is 13.8. The van der Waals surface area contributed by atoms with Gasteiger partial charge in [-0.25, -0.2) is 4.39 Å². The van der Waals surface area contributed by atoms with Crippen molar-refractivity contribution in [1.29, 1.82) is 0 Å². The largest absolute Gasteiger partial charge is 0.326 e. The number of benzene rings is 2. The molecule has 3 nitrogen and oxygen atoms in total. The highest BCUT2D eigenvalue weighted by Crippen LogP contribution is 2.39. The first-order valence-electron chi connectivity index (χ1n) is 7.48. The van der Waals surface area contributed by atoms with E-state index < -0.39 is 5.66 Å². The van der Waals surface area contributed by atoms with E-state index in [0.717, 1.165) is 0 Å². The third-order valence-corrected chi connectivity index (χ3v) is 4.16. The highest BCUT2D eigenvalue weighted by molar-refractivity contribution is 6.31. The van der Waals surface area contributed by atoms with Gasteiger partial charge in [0.2, 0.25) is 5.91 Å². The van der Waals surface area contributed by atoms with E-state index in [1.165, 1.54) is 13.0 Å². The van der Waals surface area contributed by atoms with Gasteiger partial charge in [0, 0.05) is 23.7 Å². The lowest BCUT2D eigenvalue weighted by molar-refractivity contribution is -0.120. The molecular weight excluding hydrogens is 327 g/mol. The molecule has 2 aromatic rings. The molecule has 1 aliphatic heterocycles. The predicted molar refractivity (Wildman–Crippen MR) is 94.1 cm³/mol. The summed E-state index contributed by atoms with van der Waals surface area (Å²) < 4.78 is 14.4. The molecule has 0 bridgehead atoms. The van der Waals surface area contributed by atoms with Crippen molar-refractivity contribution in [2.45, 2.75) is 12.6 Å². The molecule has 0 saturated heterocycles. The number of nitrogens with zero attached hydrogens (tertiary/aromatic N) is 1. The number of amides is 1. The summed E-state index contributed by atoms with van der Waals surface area (Å²) in [6.45, 7) is 1.42. The van der Waals surface area contributed by atoms with E-state index >= 15 is 0 Å². The van der Waals surface area contributed by atoms with Crippen molar-refractivity contribution in [3.05, 3.63) is 89.4 Å². The molecule has 3 rings (SSSR count). The van der Waals surface area contributed by atoms with E-state index in [0.29, 0.717) is 16.3 Å². The lowest BCUT2D eigenvalue weighted by Gasteiger charge is -2.44. The van der Waals surface area contributed by atoms with Gasteiger partial charge in [0.25, 0.3) is 0 Å². The second kappa shape index (κ2) is 6.49. The lowest BCUT2D eigenvalue weighted by Crippen LogP contribution is -2.56. The fraction of sp³-hybridized carbons (Fsp3) is 0.105. The molecule has 1 unspecified atom stereocenters. The number of carbonyl (C=O) groups is 1. The van der Waals surface area contributed by atoms with Gasteiger partial charge in [0.15, 0.2) is 5.66 Å². The molecule has 0 aliphatic carbocycles. The molecule has 1 amide bonds. The molecule has 0 aromatic heterocycles. The Bertz CT molecular complexity index is 834. The zero-order chi connectivity index (χ0) is 17.2. The molecule has 2 aromatic carbocycles. The monoisotopic (exact) mass is 342 g/mol. The molecule has 24 heavy (non-hydrogen) atoms. The molecule has 1 aliphatic rings. The van der Waals surface area contributed by atoms with Crippen molar-refractivity contribution >= 4 is 23.2 Å². The summed E-state index contributed by atoms with van der Waals surface area (Å²) >= 11 is 6.39. The number of hydrogen-bond donors (Lipinski definition) is 1. The molecule has 0 spiro atoms. The van der Waals surface area contributed by atoms with Gasteiger partial charge in [-0.15, -0.1) is 0 Å². The van der Waals surface area contributed by atoms with Crippen LogP contribution in [0.15, 0.2) is 73.0 Å². The van der Waals surface area contributed by atoms with Crippen LogP contribution in [0.5, 0.6) is 0 Å². The Labute approximate surface area is 145 Å². The lowest BCUT2D eigenvalue weighted by atomic mass is 9.93. The average molecular weight is 343 g/mol. The average Bonchev–Trinajstić information content (AvgIpc) is 2.56. The molecule has 1 heterocycles. The first-order valence-corrected chi connectivity index (χ1v) is 7.86. The number of hydrogen-bond acceptors (Lipinski definition) is 2. The van der Waals surface area contributed by atoms with E-state index in [1.807, 2.05) is 18.2 Å². The standard InChI is InChI=1S/C19H16ClFN2O/c1-14(24)22-19(15-8-2-3-9-16(15)20)12-6-7-13-23(19)18-11-5-4-10-17(18)21/h2-13H,1H3,(H,22,24). The highest BCUT2D eigenvalue weighted by Gasteiger charge is 2.40. The molecule has 0 fully saturated rings. The SMILES string of the molecule is CC(=O)NC1(c2ccccc2Cl)C=CC=CN1c1ccccc1F. The number of rotatable bonds is 3. The third-order valence-electron chi connectivity index (χ3n) is 3.83. The van der Waals surface area contributed by atoms with Crippen LogP contribution in [0.25, 0.3) is 0 Å². The van der Waals surface area contributed by atoms with Gasteiger partial charge in [0.05, 0.1) is 5.69 Å². The van der Waals surface area contributed by atoms with Crippen molar-refractivity contribution in [3.63, 3.8) is 0 Å². The van der Waals surface area contributed by atoms with Gasteiger partial charge in [-0.2, -0.15) is 0 Å². The van der Waals surface area contributed by atoms with Crippen molar-refractivity contribution in [3.8, 4) is 0 Å². The molecule has 5 heteroatoms. The van der Waals surface area contributed by atoms with Crippen LogP contribution < -0.4 is 10.2 Å². The molecule has 0 saturated carbocycles. The predicted octanol–water partition coefficient (Wildman–Crippen LogP) is 4.36. The van der Waals surface area contributed by atoms with Crippen LogP contribution in [0, 0.1) is 5.82 Å². The van der Waals surface area contributed by atoms with Gasteiger partial charge in [0.1, 0.15) is 5.82 Å². The minimum Gasteiger partial charge on any atom is -0.326 e.